The zero-order valence-electron chi connectivity index (χ0n) is 15.0. The van der Waals surface area contributed by atoms with Gasteiger partial charge in [-0.05, 0) is 47.9 Å². The second kappa shape index (κ2) is 7.83. The third-order valence-electron chi connectivity index (χ3n) is 4.76. The Hall–Kier alpha value is -2.46. The molecule has 1 aliphatic rings. The van der Waals surface area contributed by atoms with E-state index in [1.54, 1.807) is 13.2 Å². The normalized spacial score (nSPS) is 17.0. The molecule has 2 N–H and O–H groups in total. The Kier molecular flexibility index (Phi) is 5.52. The van der Waals surface area contributed by atoms with Gasteiger partial charge in [-0.1, -0.05) is 36.7 Å². The predicted molar refractivity (Wildman–Crippen MR) is 106 cm³/mol. The number of halogens is 1. The summed E-state index contributed by atoms with van der Waals surface area (Å²) in [6.07, 6.45) is 3.36. The number of nitrogen functional groups attached to an aromatic ring is 1. The highest BCUT2D eigenvalue weighted by atomic mass is 35.5. The van der Waals surface area contributed by atoms with Gasteiger partial charge in [0.15, 0.2) is 0 Å². The molecule has 0 spiro atoms. The van der Waals surface area contributed by atoms with Crippen molar-refractivity contribution in [3.8, 4) is 5.75 Å². The van der Waals surface area contributed by atoms with Crippen LogP contribution in [0, 0.1) is 0 Å². The molecule has 136 valence electrons. The summed E-state index contributed by atoms with van der Waals surface area (Å²) >= 11 is 6.16. The van der Waals surface area contributed by atoms with Crippen molar-refractivity contribution >= 4 is 28.8 Å². The fourth-order valence-electron chi connectivity index (χ4n) is 3.34. The van der Waals surface area contributed by atoms with E-state index >= 15 is 0 Å². The highest BCUT2D eigenvalue weighted by Crippen LogP contribution is 2.37. The van der Waals surface area contributed by atoms with Gasteiger partial charge in [0, 0.05) is 29.2 Å². The molecular formula is C21H23ClN2O2. The van der Waals surface area contributed by atoms with E-state index in [0.717, 1.165) is 28.9 Å². The molecule has 0 aliphatic carbocycles. The lowest BCUT2D eigenvalue weighted by Gasteiger charge is -2.35. The van der Waals surface area contributed by atoms with Gasteiger partial charge >= 0.3 is 0 Å². The second-order valence-electron chi connectivity index (χ2n) is 6.33. The summed E-state index contributed by atoms with van der Waals surface area (Å²) in [7, 11) is 1.64. The maximum Gasteiger partial charge on any atom is 0.223 e. The summed E-state index contributed by atoms with van der Waals surface area (Å²) in [5.41, 5.74) is 9.97. The first-order chi connectivity index (χ1) is 12.5. The Bertz CT molecular complexity index is 830. The van der Waals surface area contributed by atoms with Crippen molar-refractivity contribution in [3.63, 3.8) is 0 Å². The van der Waals surface area contributed by atoms with Crippen molar-refractivity contribution < 1.29 is 9.53 Å². The van der Waals surface area contributed by atoms with E-state index in [0.29, 0.717) is 23.7 Å². The Labute approximate surface area is 159 Å². The van der Waals surface area contributed by atoms with Crippen LogP contribution < -0.4 is 10.5 Å². The molecule has 2 aromatic rings. The van der Waals surface area contributed by atoms with Crippen LogP contribution in [-0.2, 0) is 4.79 Å². The van der Waals surface area contributed by atoms with Crippen LogP contribution in [-0.4, -0.2) is 24.5 Å². The van der Waals surface area contributed by atoms with E-state index in [2.05, 4.69) is 6.08 Å². The average molecular weight is 371 g/mol. The Morgan fingerprint density at radius 3 is 2.65 bits per heavy atom. The van der Waals surface area contributed by atoms with Crippen molar-refractivity contribution in [3.05, 3.63) is 64.7 Å². The van der Waals surface area contributed by atoms with Crippen LogP contribution in [0.25, 0.3) is 5.57 Å². The maximum atomic E-state index is 12.5. The molecule has 0 bridgehead atoms. The molecule has 0 saturated heterocycles. The molecule has 1 atom stereocenters. The molecular weight excluding hydrogens is 348 g/mol. The van der Waals surface area contributed by atoms with Crippen LogP contribution in [0.2, 0.25) is 5.02 Å². The molecule has 4 nitrogen and oxygen atoms in total. The van der Waals surface area contributed by atoms with E-state index in [-0.39, 0.29) is 11.9 Å². The average Bonchev–Trinajstić information content (AvgIpc) is 2.69. The summed E-state index contributed by atoms with van der Waals surface area (Å²) in [5, 5.41) is 0.656. The summed E-state index contributed by atoms with van der Waals surface area (Å²) < 4.78 is 5.24. The number of amides is 1. The monoisotopic (exact) mass is 370 g/mol. The van der Waals surface area contributed by atoms with Crippen molar-refractivity contribution in [2.75, 3.05) is 19.4 Å². The van der Waals surface area contributed by atoms with E-state index < -0.39 is 0 Å². The van der Waals surface area contributed by atoms with Crippen molar-refractivity contribution in [1.29, 1.82) is 0 Å². The van der Waals surface area contributed by atoms with Crippen LogP contribution in [0.15, 0.2) is 48.5 Å². The van der Waals surface area contributed by atoms with Crippen LogP contribution in [0.3, 0.4) is 0 Å². The van der Waals surface area contributed by atoms with Gasteiger partial charge < -0.3 is 15.4 Å². The number of methoxy groups -OCH3 is 1. The number of carbonyl (C=O) groups is 1. The van der Waals surface area contributed by atoms with Gasteiger partial charge in [-0.3, -0.25) is 4.79 Å². The summed E-state index contributed by atoms with van der Waals surface area (Å²) in [6, 6.07) is 13.2. The SMILES string of the molecule is CCC(=O)N1CCC(c2cc(Cl)ccc2N)=CC1c1ccc(OC)cc1. The van der Waals surface area contributed by atoms with Crippen LogP contribution in [0.1, 0.15) is 36.9 Å². The first kappa shape index (κ1) is 18.3. The number of benzene rings is 2. The molecule has 3 rings (SSSR count). The third kappa shape index (κ3) is 3.70. The van der Waals surface area contributed by atoms with Crippen LogP contribution in [0.5, 0.6) is 5.75 Å². The van der Waals surface area contributed by atoms with Crippen molar-refractivity contribution in [2.45, 2.75) is 25.8 Å². The Morgan fingerprint density at radius 2 is 2.00 bits per heavy atom. The quantitative estimate of drug-likeness (QED) is 0.794. The molecule has 1 aliphatic heterocycles. The molecule has 0 saturated carbocycles. The molecule has 0 radical (unpaired) electrons. The van der Waals surface area contributed by atoms with Gasteiger partial charge in [0.1, 0.15) is 5.75 Å². The van der Waals surface area contributed by atoms with E-state index in [9.17, 15) is 4.79 Å². The number of ether oxygens (including phenoxy) is 1. The number of carbonyl (C=O) groups excluding carboxylic acids is 1. The molecule has 1 amide bonds. The first-order valence-corrected chi connectivity index (χ1v) is 9.10. The standard InChI is InChI=1S/C21H23ClN2O2/c1-3-21(25)24-11-10-15(18-13-16(22)6-9-19(18)23)12-20(24)14-4-7-17(26-2)8-5-14/h4-9,12-13,20H,3,10-11,23H2,1-2H3. The molecule has 1 unspecified atom stereocenters. The lowest BCUT2D eigenvalue weighted by molar-refractivity contribution is -0.132. The molecule has 5 heteroatoms. The highest BCUT2D eigenvalue weighted by Gasteiger charge is 2.27. The lowest BCUT2D eigenvalue weighted by atomic mass is 9.91. The molecule has 0 aromatic heterocycles. The van der Waals surface area contributed by atoms with Crippen LogP contribution in [0.4, 0.5) is 5.69 Å². The fourth-order valence-corrected chi connectivity index (χ4v) is 3.51. The minimum absolute atomic E-state index is 0.129. The van der Waals surface area contributed by atoms with Gasteiger partial charge in [-0.2, -0.15) is 0 Å². The zero-order valence-corrected chi connectivity index (χ0v) is 15.8. The van der Waals surface area contributed by atoms with Gasteiger partial charge in [0.25, 0.3) is 0 Å². The molecule has 1 heterocycles. The van der Waals surface area contributed by atoms with Crippen molar-refractivity contribution in [2.24, 2.45) is 0 Å². The van der Waals surface area contributed by atoms with Crippen LogP contribution >= 0.6 is 11.6 Å². The molecule has 2 aromatic carbocycles. The number of anilines is 1. The van der Waals surface area contributed by atoms with E-state index in [1.165, 1.54) is 0 Å². The Balaban J connectivity index is 2.03. The van der Waals surface area contributed by atoms with Gasteiger partial charge in [-0.15, -0.1) is 0 Å². The fraction of sp³-hybridized carbons (Fsp3) is 0.286. The topological polar surface area (TPSA) is 55.6 Å². The number of hydrogen-bond donors (Lipinski definition) is 1. The largest absolute Gasteiger partial charge is 0.497 e. The van der Waals surface area contributed by atoms with E-state index in [4.69, 9.17) is 22.1 Å². The second-order valence-corrected chi connectivity index (χ2v) is 6.77. The van der Waals surface area contributed by atoms with E-state index in [1.807, 2.05) is 48.2 Å². The van der Waals surface area contributed by atoms with Gasteiger partial charge in [0.2, 0.25) is 5.91 Å². The smallest absolute Gasteiger partial charge is 0.223 e. The number of rotatable bonds is 4. The van der Waals surface area contributed by atoms with Crippen molar-refractivity contribution in [1.82, 2.24) is 4.90 Å². The summed E-state index contributed by atoms with van der Waals surface area (Å²) in [6.45, 7) is 2.54. The maximum absolute atomic E-state index is 12.5. The number of hydrogen-bond acceptors (Lipinski definition) is 3. The number of nitrogens with two attached hydrogens (primary N) is 1. The van der Waals surface area contributed by atoms with Gasteiger partial charge in [-0.25, -0.2) is 0 Å². The Morgan fingerprint density at radius 1 is 1.27 bits per heavy atom. The lowest BCUT2D eigenvalue weighted by Crippen LogP contribution is -2.37. The zero-order chi connectivity index (χ0) is 18.7. The summed E-state index contributed by atoms with van der Waals surface area (Å²) in [4.78, 5) is 14.4. The summed E-state index contributed by atoms with van der Waals surface area (Å²) in [5.74, 6) is 0.932. The third-order valence-corrected chi connectivity index (χ3v) is 4.99. The minimum Gasteiger partial charge on any atom is -0.497 e. The predicted octanol–water partition coefficient (Wildman–Crippen LogP) is 4.70. The first-order valence-electron chi connectivity index (χ1n) is 8.73. The minimum atomic E-state index is -0.129. The molecule has 0 fully saturated rings. The molecule has 26 heavy (non-hydrogen) atoms. The number of nitrogens with zero attached hydrogens (tertiary/aromatic N) is 1. The van der Waals surface area contributed by atoms with Gasteiger partial charge in [0.05, 0.1) is 13.2 Å². The highest BCUT2D eigenvalue weighted by molar-refractivity contribution is 6.30.